The van der Waals surface area contributed by atoms with Crippen LogP contribution in [0.15, 0.2) is 4.99 Å². The highest BCUT2D eigenvalue weighted by atomic mass is 16.5. The van der Waals surface area contributed by atoms with Crippen molar-refractivity contribution in [2.24, 2.45) is 10.8 Å². The molecule has 104 valence electrons. The van der Waals surface area contributed by atoms with Crippen molar-refractivity contribution in [2.45, 2.75) is 64.1 Å². The number of ether oxygens (including phenoxy) is 1. The van der Waals surface area contributed by atoms with E-state index in [0.29, 0.717) is 12.1 Å². The molecule has 18 heavy (non-hydrogen) atoms. The lowest BCUT2D eigenvalue weighted by atomic mass is 9.96. The van der Waals surface area contributed by atoms with E-state index in [2.05, 4.69) is 24.2 Å². The fourth-order valence-electron chi connectivity index (χ4n) is 2.78. The van der Waals surface area contributed by atoms with Crippen LogP contribution in [0.25, 0.3) is 0 Å². The normalized spacial score (nSPS) is 31.5. The number of hydrogen-bond donors (Lipinski definition) is 2. The molecule has 2 fully saturated rings. The van der Waals surface area contributed by atoms with Gasteiger partial charge in [-0.2, -0.15) is 0 Å². The number of rotatable bonds is 1. The van der Waals surface area contributed by atoms with Gasteiger partial charge in [0, 0.05) is 6.54 Å². The first-order valence-corrected chi connectivity index (χ1v) is 7.13. The lowest BCUT2D eigenvalue weighted by molar-refractivity contribution is -0.0237. The first kappa shape index (κ1) is 13.6. The van der Waals surface area contributed by atoms with Gasteiger partial charge in [-0.25, -0.2) is 10.8 Å². The van der Waals surface area contributed by atoms with Gasteiger partial charge in [-0.15, -0.1) is 0 Å². The summed E-state index contributed by atoms with van der Waals surface area (Å²) in [7, 11) is 0. The Hall–Kier alpha value is -0.810. The third kappa shape index (κ3) is 3.36. The highest BCUT2D eigenvalue weighted by Gasteiger charge is 2.26. The molecule has 1 saturated carbocycles. The zero-order valence-electron chi connectivity index (χ0n) is 11.6. The molecule has 5 nitrogen and oxygen atoms in total. The fourth-order valence-corrected chi connectivity index (χ4v) is 2.78. The molecule has 0 amide bonds. The first-order chi connectivity index (χ1) is 8.70. The number of nitrogens with one attached hydrogen (secondary N) is 1. The Morgan fingerprint density at radius 2 is 2.00 bits per heavy atom. The average Bonchev–Trinajstić information content (AvgIpc) is 2.40. The smallest absolute Gasteiger partial charge is 0.209 e. The van der Waals surface area contributed by atoms with Crippen LogP contribution in [-0.2, 0) is 4.74 Å². The molecule has 1 heterocycles. The number of guanidine groups is 1. The van der Waals surface area contributed by atoms with Gasteiger partial charge in [0.1, 0.15) is 0 Å². The second kappa shape index (κ2) is 6.38. The minimum atomic E-state index is 0.242. The Morgan fingerprint density at radius 1 is 1.28 bits per heavy atom. The fraction of sp³-hybridized carbons (Fsp3) is 0.923. The van der Waals surface area contributed by atoms with Gasteiger partial charge >= 0.3 is 0 Å². The first-order valence-electron chi connectivity index (χ1n) is 7.13. The maximum Gasteiger partial charge on any atom is 0.209 e. The molecule has 1 aliphatic carbocycles. The number of aliphatic imine (C=N–C) groups is 1. The van der Waals surface area contributed by atoms with Gasteiger partial charge in [0.15, 0.2) is 0 Å². The SMILES string of the molecule is CC1CN(C(=NC2CCCCC2)NN)C(C)CO1. The predicted molar refractivity (Wildman–Crippen MR) is 73.2 cm³/mol. The third-order valence-electron chi connectivity index (χ3n) is 3.89. The summed E-state index contributed by atoms with van der Waals surface area (Å²) in [6.45, 7) is 5.84. The van der Waals surface area contributed by atoms with Gasteiger partial charge in [-0.1, -0.05) is 19.3 Å². The van der Waals surface area contributed by atoms with Gasteiger partial charge in [0.05, 0.1) is 24.8 Å². The molecule has 0 aromatic heterocycles. The molecule has 0 aromatic carbocycles. The van der Waals surface area contributed by atoms with Gasteiger partial charge in [-0.05, 0) is 26.7 Å². The van der Waals surface area contributed by atoms with E-state index >= 15 is 0 Å². The largest absolute Gasteiger partial charge is 0.375 e. The molecule has 0 aromatic rings. The van der Waals surface area contributed by atoms with Crippen molar-refractivity contribution in [1.29, 1.82) is 0 Å². The van der Waals surface area contributed by atoms with Crippen molar-refractivity contribution in [3.05, 3.63) is 0 Å². The Morgan fingerprint density at radius 3 is 2.67 bits per heavy atom. The zero-order chi connectivity index (χ0) is 13.0. The van der Waals surface area contributed by atoms with Crippen LogP contribution >= 0.6 is 0 Å². The summed E-state index contributed by atoms with van der Waals surface area (Å²) in [5.74, 6) is 6.50. The van der Waals surface area contributed by atoms with E-state index in [0.717, 1.165) is 19.1 Å². The summed E-state index contributed by atoms with van der Waals surface area (Å²) in [6.07, 6.45) is 6.56. The molecule has 2 atom stereocenters. The van der Waals surface area contributed by atoms with Gasteiger partial charge in [-0.3, -0.25) is 5.43 Å². The molecular formula is C13H26N4O. The van der Waals surface area contributed by atoms with E-state index in [1.807, 2.05) is 0 Å². The summed E-state index contributed by atoms with van der Waals surface area (Å²) < 4.78 is 5.64. The van der Waals surface area contributed by atoms with Crippen LogP contribution in [0.5, 0.6) is 0 Å². The number of nitrogens with two attached hydrogens (primary N) is 1. The van der Waals surface area contributed by atoms with Crippen LogP contribution in [0, 0.1) is 0 Å². The molecule has 1 aliphatic heterocycles. The van der Waals surface area contributed by atoms with Crippen LogP contribution in [0.2, 0.25) is 0 Å². The minimum absolute atomic E-state index is 0.242. The second-order valence-electron chi connectivity index (χ2n) is 5.53. The highest BCUT2D eigenvalue weighted by Crippen LogP contribution is 2.21. The number of morpholine rings is 1. The second-order valence-corrected chi connectivity index (χ2v) is 5.53. The highest BCUT2D eigenvalue weighted by molar-refractivity contribution is 5.80. The van der Waals surface area contributed by atoms with Gasteiger partial charge in [0.25, 0.3) is 0 Å². The van der Waals surface area contributed by atoms with Gasteiger partial charge in [0.2, 0.25) is 5.96 Å². The quantitative estimate of drug-likeness (QED) is 0.320. The van der Waals surface area contributed by atoms with E-state index in [1.165, 1.54) is 32.1 Å². The van der Waals surface area contributed by atoms with E-state index in [-0.39, 0.29) is 6.10 Å². The number of nitrogens with zero attached hydrogens (tertiary/aromatic N) is 2. The van der Waals surface area contributed by atoms with Gasteiger partial charge < -0.3 is 9.64 Å². The number of hydrogen-bond acceptors (Lipinski definition) is 3. The van der Waals surface area contributed by atoms with Crippen molar-refractivity contribution in [3.63, 3.8) is 0 Å². The van der Waals surface area contributed by atoms with Crippen molar-refractivity contribution in [2.75, 3.05) is 13.2 Å². The summed E-state index contributed by atoms with van der Waals surface area (Å²) >= 11 is 0. The summed E-state index contributed by atoms with van der Waals surface area (Å²) in [5.41, 5.74) is 2.79. The summed E-state index contributed by atoms with van der Waals surface area (Å²) in [5, 5.41) is 0. The molecule has 2 unspecified atom stereocenters. The lowest BCUT2D eigenvalue weighted by Gasteiger charge is -2.39. The third-order valence-corrected chi connectivity index (χ3v) is 3.89. The van der Waals surface area contributed by atoms with E-state index in [9.17, 15) is 0 Å². The van der Waals surface area contributed by atoms with Crippen LogP contribution in [-0.4, -0.2) is 42.2 Å². The minimum Gasteiger partial charge on any atom is -0.375 e. The molecule has 2 aliphatic rings. The lowest BCUT2D eigenvalue weighted by Crippen LogP contribution is -2.56. The van der Waals surface area contributed by atoms with Crippen molar-refractivity contribution in [1.82, 2.24) is 10.3 Å². The topological polar surface area (TPSA) is 62.9 Å². The standard InChI is InChI=1S/C13H26N4O/c1-10-9-18-11(2)8-17(10)13(16-14)15-12-6-4-3-5-7-12/h10-12H,3-9,14H2,1-2H3,(H,15,16). The molecule has 1 saturated heterocycles. The van der Waals surface area contributed by atoms with Crippen molar-refractivity contribution >= 4 is 5.96 Å². The molecule has 0 radical (unpaired) electrons. The van der Waals surface area contributed by atoms with Crippen LogP contribution in [0.1, 0.15) is 46.0 Å². The van der Waals surface area contributed by atoms with Crippen LogP contribution in [0.4, 0.5) is 0 Å². The predicted octanol–water partition coefficient (Wildman–Crippen LogP) is 1.25. The maximum absolute atomic E-state index is 5.67. The Kier molecular flexibility index (Phi) is 4.83. The molecular weight excluding hydrogens is 228 g/mol. The molecule has 2 rings (SSSR count). The van der Waals surface area contributed by atoms with Crippen LogP contribution < -0.4 is 11.3 Å². The average molecular weight is 254 g/mol. The van der Waals surface area contributed by atoms with E-state index in [1.54, 1.807) is 0 Å². The summed E-state index contributed by atoms with van der Waals surface area (Å²) in [4.78, 5) is 7.05. The monoisotopic (exact) mass is 254 g/mol. The van der Waals surface area contributed by atoms with Crippen LogP contribution in [0.3, 0.4) is 0 Å². The van der Waals surface area contributed by atoms with Crippen molar-refractivity contribution in [3.8, 4) is 0 Å². The molecule has 5 heteroatoms. The molecule has 0 spiro atoms. The number of hydrazine groups is 1. The van der Waals surface area contributed by atoms with E-state index in [4.69, 9.17) is 15.6 Å². The summed E-state index contributed by atoms with van der Waals surface area (Å²) in [6, 6.07) is 0.773. The Balaban J connectivity index is 2.03. The van der Waals surface area contributed by atoms with E-state index < -0.39 is 0 Å². The zero-order valence-corrected chi connectivity index (χ0v) is 11.6. The Bertz CT molecular complexity index is 289. The Labute approximate surface area is 110 Å². The molecule has 0 bridgehead atoms. The molecule has 3 N–H and O–H groups in total. The van der Waals surface area contributed by atoms with Crippen molar-refractivity contribution < 1.29 is 4.74 Å². The maximum atomic E-state index is 5.67.